The van der Waals surface area contributed by atoms with Crippen LogP contribution in [0.15, 0.2) is 45.8 Å². The molecule has 1 aliphatic heterocycles. The van der Waals surface area contributed by atoms with Crippen LogP contribution in [0.1, 0.15) is 35.1 Å². The van der Waals surface area contributed by atoms with E-state index in [4.69, 9.17) is 38.0 Å². The summed E-state index contributed by atoms with van der Waals surface area (Å²) < 4.78 is 7.65. The first-order valence-corrected chi connectivity index (χ1v) is 12.0. The minimum Gasteiger partial charge on any atom is -0.376 e. The largest absolute Gasteiger partial charge is 0.376 e. The lowest BCUT2D eigenvalue weighted by molar-refractivity contribution is 0.117. The van der Waals surface area contributed by atoms with Gasteiger partial charge in [0.1, 0.15) is 0 Å². The van der Waals surface area contributed by atoms with E-state index < -0.39 is 0 Å². The summed E-state index contributed by atoms with van der Waals surface area (Å²) in [5, 5.41) is 8.06. The highest BCUT2D eigenvalue weighted by atomic mass is 35.5. The predicted molar refractivity (Wildman–Crippen MR) is 131 cm³/mol. The Morgan fingerprint density at radius 1 is 1.13 bits per heavy atom. The molecule has 0 saturated carbocycles. The van der Waals surface area contributed by atoms with Gasteiger partial charge in [-0.1, -0.05) is 35.3 Å². The van der Waals surface area contributed by atoms with Gasteiger partial charge in [0, 0.05) is 28.1 Å². The monoisotopic (exact) mass is 473 g/mol. The van der Waals surface area contributed by atoms with Crippen LogP contribution in [0.4, 0.5) is 0 Å². The highest BCUT2D eigenvalue weighted by Gasteiger charge is 2.16. The van der Waals surface area contributed by atoms with E-state index in [-0.39, 0.29) is 6.10 Å². The number of benzene rings is 2. The fourth-order valence-electron chi connectivity index (χ4n) is 3.64. The van der Waals surface area contributed by atoms with E-state index in [1.807, 2.05) is 16.8 Å². The lowest BCUT2D eigenvalue weighted by atomic mass is 9.99. The highest BCUT2D eigenvalue weighted by molar-refractivity contribution is 7.07. The number of thiazole rings is 1. The Morgan fingerprint density at radius 3 is 2.68 bits per heavy atom. The standard InChI is InChI=1S/C24H25Cl2N3OS/c1-15-9-17(3)21(10-16(15)2)23-14-31-24(27-13-20-5-4-8-30-20)29(23)28-12-18-6-7-19(25)11-22(18)26/h6-7,9-12,14,20H,4-5,8,13H2,1-3H3. The number of hydrogen-bond donors (Lipinski definition) is 0. The molecule has 0 spiro atoms. The lowest BCUT2D eigenvalue weighted by Crippen LogP contribution is -2.17. The number of rotatable bonds is 5. The zero-order valence-corrected chi connectivity index (χ0v) is 20.2. The molecule has 7 heteroatoms. The van der Waals surface area contributed by atoms with E-state index in [1.165, 1.54) is 16.7 Å². The van der Waals surface area contributed by atoms with E-state index in [2.05, 4.69) is 38.3 Å². The van der Waals surface area contributed by atoms with Gasteiger partial charge in [0.2, 0.25) is 4.80 Å². The van der Waals surface area contributed by atoms with Crippen LogP contribution >= 0.6 is 34.5 Å². The summed E-state index contributed by atoms with van der Waals surface area (Å²) in [6, 6.07) is 9.84. The Kier molecular flexibility index (Phi) is 6.97. The minimum absolute atomic E-state index is 0.192. The van der Waals surface area contributed by atoms with Gasteiger partial charge in [-0.25, -0.2) is 4.68 Å². The molecule has 1 saturated heterocycles. The maximum absolute atomic E-state index is 6.35. The van der Waals surface area contributed by atoms with Crippen molar-refractivity contribution in [2.45, 2.75) is 39.7 Å². The number of ether oxygens (including phenoxy) is 1. The van der Waals surface area contributed by atoms with Gasteiger partial charge in [-0.2, -0.15) is 5.10 Å². The molecule has 162 valence electrons. The molecule has 0 N–H and O–H groups in total. The third-order valence-corrected chi connectivity index (χ3v) is 6.95. The summed E-state index contributed by atoms with van der Waals surface area (Å²) in [6.45, 7) is 7.87. The van der Waals surface area contributed by atoms with Crippen LogP contribution in [0.3, 0.4) is 0 Å². The maximum atomic E-state index is 6.35. The summed E-state index contributed by atoms with van der Waals surface area (Å²) >= 11 is 14.0. The molecular formula is C24H25Cl2N3OS. The van der Waals surface area contributed by atoms with Gasteiger partial charge in [0.15, 0.2) is 0 Å². The molecule has 0 radical (unpaired) electrons. The molecule has 1 aromatic heterocycles. The lowest BCUT2D eigenvalue weighted by Gasteiger charge is -2.11. The van der Waals surface area contributed by atoms with E-state index in [1.54, 1.807) is 23.6 Å². The fourth-order valence-corrected chi connectivity index (χ4v) is 4.93. The SMILES string of the molecule is Cc1cc(C)c(-c2csc(=NCC3CCCO3)n2N=Cc2ccc(Cl)cc2Cl)cc1C. The minimum atomic E-state index is 0.192. The van der Waals surface area contributed by atoms with E-state index in [0.29, 0.717) is 16.6 Å². The topological polar surface area (TPSA) is 38.9 Å². The van der Waals surface area contributed by atoms with Crippen molar-refractivity contribution in [3.8, 4) is 11.3 Å². The molecule has 3 aromatic rings. The first-order valence-electron chi connectivity index (χ1n) is 10.3. The van der Waals surface area contributed by atoms with Crippen LogP contribution in [0.25, 0.3) is 11.3 Å². The first-order chi connectivity index (χ1) is 14.9. The quantitative estimate of drug-likeness (QED) is 0.394. The average molecular weight is 474 g/mol. The average Bonchev–Trinajstić information content (AvgIpc) is 3.38. The number of halogens is 2. The highest BCUT2D eigenvalue weighted by Crippen LogP contribution is 2.27. The molecule has 2 heterocycles. The van der Waals surface area contributed by atoms with Gasteiger partial charge in [-0.05, 0) is 68.5 Å². The molecule has 0 aliphatic carbocycles. The molecular weight excluding hydrogens is 449 g/mol. The van der Waals surface area contributed by atoms with Crippen LogP contribution < -0.4 is 4.80 Å². The summed E-state index contributed by atoms with van der Waals surface area (Å²) in [6.07, 6.45) is 4.11. The molecule has 1 fully saturated rings. The Bertz CT molecular complexity index is 1190. The summed E-state index contributed by atoms with van der Waals surface area (Å²) in [4.78, 5) is 5.68. The van der Waals surface area contributed by atoms with Gasteiger partial charge in [0.25, 0.3) is 0 Å². The Balaban J connectivity index is 1.79. The van der Waals surface area contributed by atoms with Crippen molar-refractivity contribution in [1.29, 1.82) is 0 Å². The number of hydrogen-bond acceptors (Lipinski definition) is 4. The van der Waals surface area contributed by atoms with Crippen molar-refractivity contribution >= 4 is 40.8 Å². The maximum Gasteiger partial charge on any atom is 0.206 e. The van der Waals surface area contributed by atoms with Gasteiger partial charge in [-0.3, -0.25) is 4.99 Å². The molecule has 1 atom stereocenters. The van der Waals surface area contributed by atoms with Gasteiger partial charge in [0.05, 0.1) is 29.6 Å². The summed E-state index contributed by atoms with van der Waals surface area (Å²) in [7, 11) is 0. The smallest absolute Gasteiger partial charge is 0.206 e. The predicted octanol–water partition coefficient (Wildman–Crippen LogP) is 6.41. The van der Waals surface area contributed by atoms with Crippen molar-refractivity contribution in [3.05, 3.63) is 72.8 Å². The third-order valence-electron chi connectivity index (χ3n) is 5.53. The second-order valence-corrected chi connectivity index (χ2v) is 9.53. The number of aromatic nitrogens is 1. The Morgan fingerprint density at radius 2 is 1.94 bits per heavy atom. The molecule has 31 heavy (non-hydrogen) atoms. The van der Waals surface area contributed by atoms with Crippen molar-refractivity contribution in [1.82, 2.24) is 4.68 Å². The Hall–Kier alpha value is -1.92. The van der Waals surface area contributed by atoms with Crippen LogP contribution in [0.2, 0.25) is 10.0 Å². The molecule has 0 amide bonds. The van der Waals surface area contributed by atoms with Crippen LogP contribution in [-0.2, 0) is 4.74 Å². The molecule has 2 aromatic carbocycles. The zero-order valence-electron chi connectivity index (χ0n) is 17.9. The Labute approximate surface area is 196 Å². The molecule has 1 unspecified atom stereocenters. The van der Waals surface area contributed by atoms with Crippen molar-refractivity contribution in [2.24, 2.45) is 10.1 Å². The van der Waals surface area contributed by atoms with Crippen molar-refractivity contribution in [3.63, 3.8) is 0 Å². The van der Waals surface area contributed by atoms with Crippen LogP contribution in [-0.4, -0.2) is 30.1 Å². The van der Waals surface area contributed by atoms with Crippen LogP contribution in [0.5, 0.6) is 0 Å². The van der Waals surface area contributed by atoms with Crippen molar-refractivity contribution < 1.29 is 4.74 Å². The second-order valence-electron chi connectivity index (χ2n) is 7.85. The summed E-state index contributed by atoms with van der Waals surface area (Å²) in [5.41, 5.74) is 6.71. The second kappa shape index (κ2) is 9.70. The number of aryl methyl sites for hydroxylation is 3. The molecule has 1 aliphatic rings. The van der Waals surface area contributed by atoms with E-state index in [0.717, 1.165) is 41.1 Å². The van der Waals surface area contributed by atoms with E-state index in [9.17, 15) is 0 Å². The molecule has 4 nitrogen and oxygen atoms in total. The van der Waals surface area contributed by atoms with Gasteiger partial charge in [-0.15, -0.1) is 11.3 Å². The first kappa shape index (κ1) is 22.3. The molecule has 0 bridgehead atoms. The van der Waals surface area contributed by atoms with E-state index >= 15 is 0 Å². The van der Waals surface area contributed by atoms with Gasteiger partial charge < -0.3 is 4.74 Å². The molecule has 4 rings (SSSR count). The third kappa shape index (κ3) is 5.12. The zero-order chi connectivity index (χ0) is 22.0. The van der Waals surface area contributed by atoms with Crippen molar-refractivity contribution in [2.75, 3.05) is 13.2 Å². The number of nitrogens with zero attached hydrogens (tertiary/aromatic N) is 3. The van der Waals surface area contributed by atoms with Crippen LogP contribution in [0, 0.1) is 20.8 Å². The van der Waals surface area contributed by atoms with Gasteiger partial charge >= 0.3 is 0 Å². The summed E-state index contributed by atoms with van der Waals surface area (Å²) in [5.74, 6) is 0. The normalized spacial score (nSPS) is 17.2. The fraction of sp³-hybridized carbons (Fsp3) is 0.333.